The molecule has 22 heavy (non-hydrogen) atoms. The fraction of sp³-hybridized carbons (Fsp3) is 0.385. The predicted octanol–water partition coefficient (Wildman–Crippen LogP) is 2.87. The van der Waals surface area contributed by atoms with Gasteiger partial charge in [-0.05, 0) is 24.1 Å². The van der Waals surface area contributed by atoms with E-state index in [2.05, 4.69) is 4.74 Å². The lowest BCUT2D eigenvalue weighted by Crippen LogP contribution is -2.22. The molecule has 0 fully saturated rings. The zero-order chi connectivity index (χ0) is 17.1. The molecule has 1 aromatic rings. The number of benzene rings is 1. The van der Waals surface area contributed by atoms with Crippen LogP contribution in [0.4, 0.5) is 13.2 Å². The van der Waals surface area contributed by atoms with Crippen molar-refractivity contribution in [3.8, 4) is 5.75 Å². The molecule has 0 aliphatic carbocycles. The van der Waals surface area contributed by atoms with Gasteiger partial charge in [0.1, 0.15) is 5.75 Å². The number of ether oxygens (including phenoxy) is 1. The highest BCUT2D eigenvalue weighted by Gasteiger charge is 2.35. The van der Waals surface area contributed by atoms with Crippen LogP contribution in [0, 0.1) is 5.92 Å². The van der Waals surface area contributed by atoms with Crippen molar-refractivity contribution >= 4 is 23.5 Å². The normalized spacial score (nSPS) is 12.8. The number of aromatic hydroxyl groups is 1. The molecule has 0 aliphatic rings. The molecule has 0 amide bonds. The fourth-order valence-electron chi connectivity index (χ4n) is 1.89. The summed E-state index contributed by atoms with van der Waals surface area (Å²) < 4.78 is 42.8. The molecule has 0 saturated heterocycles. The van der Waals surface area contributed by atoms with Gasteiger partial charge in [-0.3, -0.25) is 9.59 Å². The van der Waals surface area contributed by atoms with Crippen LogP contribution in [0.25, 0.3) is 0 Å². The summed E-state index contributed by atoms with van der Waals surface area (Å²) in [7, 11) is 1.04. The van der Waals surface area contributed by atoms with Crippen molar-refractivity contribution in [2.24, 2.45) is 5.92 Å². The zero-order valence-corrected chi connectivity index (χ0v) is 12.0. The van der Waals surface area contributed by atoms with E-state index in [1.165, 1.54) is 0 Å². The Kier molecular flexibility index (Phi) is 5.65. The summed E-state index contributed by atoms with van der Waals surface area (Å²) in [6.45, 7) is 0. The number of esters is 1. The number of aliphatic carboxylic acids is 1. The number of halogens is 4. The molecule has 0 radical (unpaired) electrons. The molecular weight excluding hydrogens is 329 g/mol. The molecule has 0 spiro atoms. The van der Waals surface area contributed by atoms with Crippen molar-refractivity contribution in [1.29, 1.82) is 0 Å². The zero-order valence-electron chi connectivity index (χ0n) is 11.3. The molecule has 2 N–H and O–H groups in total. The molecular formula is C13H12ClF3O5. The Morgan fingerprint density at radius 3 is 2.41 bits per heavy atom. The summed E-state index contributed by atoms with van der Waals surface area (Å²) in [4.78, 5) is 22.2. The van der Waals surface area contributed by atoms with Gasteiger partial charge in [-0.2, -0.15) is 13.2 Å². The standard InChI is InChI=1S/C13H12ClF3O5/c1-22-12(21)7(5-10(18)19)2-6-3-8(13(15,16)17)11(20)9(14)4-6/h3-4,7,20H,2,5H2,1H3,(H,18,19)/t7-/m0/s1. The number of rotatable bonds is 5. The van der Waals surface area contributed by atoms with Crippen molar-refractivity contribution in [2.75, 3.05) is 7.11 Å². The lowest BCUT2D eigenvalue weighted by atomic mass is 9.95. The van der Waals surface area contributed by atoms with Crippen LogP contribution in [0.2, 0.25) is 5.02 Å². The number of methoxy groups -OCH3 is 1. The van der Waals surface area contributed by atoms with Crippen molar-refractivity contribution < 1.29 is 37.7 Å². The summed E-state index contributed by atoms with van der Waals surface area (Å²) in [5, 5.41) is 17.6. The number of carbonyl (C=O) groups is 2. The van der Waals surface area contributed by atoms with Crippen LogP contribution < -0.4 is 0 Å². The summed E-state index contributed by atoms with van der Waals surface area (Å²) in [5.74, 6) is -4.44. The first kappa shape index (κ1) is 18.1. The maximum Gasteiger partial charge on any atom is 0.420 e. The minimum Gasteiger partial charge on any atom is -0.506 e. The van der Waals surface area contributed by atoms with E-state index in [-0.39, 0.29) is 12.0 Å². The van der Waals surface area contributed by atoms with Gasteiger partial charge in [-0.15, -0.1) is 0 Å². The Hall–Kier alpha value is -1.96. The molecule has 1 atom stereocenters. The average Bonchev–Trinajstić information content (AvgIpc) is 2.39. The van der Waals surface area contributed by atoms with E-state index in [0.717, 1.165) is 13.2 Å². The van der Waals surface area contributed by atoms with Gasteiger partial charge in [0.15, 0.2) is 0 Å². The van der Waals surface area contributed by atoms with Gasteiger partial charge in [0.25, 0.3) is 0 Å². The molecule has 0 aromatic heterocycles. The molecule has 122 valence electrons. The summed E-state index contributed by atoms with van der Waals surface area (Å²) in [6, 6.07) is 1.67. The van der Waals surface area contributed by atoms with Gasteiger partial charge < -0.3 is 14.9 Å². The van der Waals surface area contributed by atoms with Crippen LogP contribution in [0.5, 0.6) is 5.75 Å². The number of carboxylic acids is 1. The minimum atomic E-state index is -4.84. The summed E-state index contributed by atoms with van der Waals surface area (Å²) >= 11 is 5.55. The highest BCUT2D eigenvalue weighted by molar-refractivity contribution is 6.32. The second-order valence-corrected chi connectivity index (χ2v) is 4.90. The largest absolute Gasteiger partial charge is 0.506 e. The van der Waals surface area contributed by atoms with E-state index >= 15 is 0 Å². The number of carboxylic acid groups (broad SMARTS) is 1. The average molecular weight is 341 g/mol. The van der Waals surface area contributed by atoms with E-state index in [4.69, 9.17) is 16.7 Å². The van der Waals surface area contributed by atoms with Gasteiger partial charge in [-0.25, -0.2) is 0 Å². The first-order valence-corrected chi connectivity index (χ1v) is 6.32. The van der Waals surface area contributed by atoms with Gasteiger partial charge in [0.2, 0.25) is 0 Å². The SMILES string of the molecule is COC(=O)[C@H](CC(=O)O)Cc1cc(Cl)c(O)c(C(F)(F)F)c1. The Morgan fingerprint density at radius 2 is 1.95 bits per heavy atom. The van der Waals surface area contributed by atoms with Gasteiger partial charge in [-0.1, -0.05) is 11.6 Å². The second-order valence-electron chi connectivity index (χ2n) is 4.49. The molecule has 0 bridgehead atoms. The summed E-state index contributed by atoms with van der Waals surface area (Å²) in [5.41, 5.74) is -1.39. The third-order valence-electron chi connectivity index (χ3n) is 2.87. The first-order valence-electron chi connectivity index (χ1n) is 5.94. The highest BCUT2D eigenvalue weighted by atomic mass is 35.5. The van der Waals surface area contributed by atoms with Gasteiger partial charge in [0.05, 0.1) is 30.0 Å². The molecule has 0 heterocycles. The van der Waals surface area contributed by atoms with Crippen molar-refractivity contribution in [3.05, 3.63) is 28.3 Å². The van der Waals surface area contributed by atoms with Crippen LogP contribution in [0.1, 0.15) is 17.5 Å². The molecule has 1 aromatic carbocycles. The molecule has 0 unspecified atom stereocenters. The third kappa shape index (κ3) is 4.52. The molecule has 0 saturated carbocycles. The van der Waals surface area contributed by atoms with Crippen LogP contribution >= 0.6 is 11.6 Å². The molecule has 5 nitrogen and oxygen atoms in total. The molecule has 9 heteroatoms. The van der Waals surface area contributed by atoms with Crippen LogP contribution in [-0.2, 0) is 26.9 Å². The lowest BCUT2D eigenvalue weighted by Gasteiger charge is -2.16. The number of hydrogen-bond donors (Lipinski definition) is 2. The molecule has 1 rings (SSSR count). The van der Waals surface area contributed by atoms with Crippen molar-refractivity contribution in [2.45, 2.75) is 19.0 Å². The Bertz CT molecular complexity index is 586. The summed E-state index contributed by atoms with van der Waals surface area (Å²) in [6.07, 6.45) is -5.76. The number of phenols is 1. The van der Waals surface area contributed by atoms with E-state index in [9.17, 15) is 27.9 Å². The number of carbonyl (C=O) groups excluding carboxylic acids is 1. The van der Waals surface area contributed by atoms with E-state index < -0.39 is 46.8 Å². The maximum atomic E-state index is 12.8. The number of hydrogen-bond acceptors (Lipinski definition) is 4. The van der Waals surface area contributed by atoms with Gasteiger partial charge >= 0.3 is 18.1 Å². The Labute approximate surface area is 128 Å². The maximum absolute atomic E-state index is 12.8. The minimum absolute atomic E-state index is 0.0354. The second kappa shape index (κ2) is 6.87. The monoisotopic (exact) mass is 340 g/mol. The van der Waals surface area contributed by atoms with Gasteiger partial charge in [0, 0.05) is 0 Å². The third-order valence-corrected chi connectivity index (χ3v) is 3.15. The molecule has 0 aliphatic heterocycles. The van der Waals surface area contributed by atoms with Crippen LogP contribution in [0.15, 0.2) is 12.1 Å². The van der Waals surface area contributed by atoms with Crippen LogP contribution in [0.3, 0.4) is 0 Å². The lowest BCUT2D eigenvalue weighted by molar-refractivity contribution is -0.150. The fourth-order valence-corrected chi connectivity index (χ4v) is 2.13. The number of alkyl halides is 3. The quantitative estimate of drug-likeness (QED) is 0.805. The van der Waals surface area contributed by atoms with E-state index in [0.29, 0.717) is 6.07 Å². The predicted molar refractivity (Wildman–Crippen MR) is 69.6 cm³/mol. The van der Waals surface area contributed by atoms with Crippen molar-refractivity contribution in [1.82, 2.24) is 0 Å². The highest BCUT2D eigenvalue weighted by Crippen LogP contribution is 2.40. The Balaban J connectivity index is 3.17. The van der Waals surface area contributed by atoms with E-state index in [1.807, 2.05) is 0 Å². The first-order chi connectivity index (χ1) is 10.1. The Morgan fingerprint density at radius 1 is 1.36 bits per heavy atom. The van der Waals surface area contributed by atoms with E-state index in [1.54, 1.807) is 0 Å². The topological polar surface area (TPSA) is 83.8 Å². The van der Waals surface area contributed by atoms with Crippen molar-refractivity contribution in [3.63, 3.8) is 0 Å². The smallest absolute Gasteiger partial charge is 0.420 e. The number of phenolic OH excluding ortho intramolecular Hbond substituents is 1. The van der Waals surface area contributed by atoms with Crippen LogP contribution in [-0.4, -0.2) is 29.3 Å².